The highest BCUT2D eigenvalue weighted by atomic mass is 32.2. The summed E-state index contributed by atoms with van der Waals surface area (Å²) in [4.78, 5) is 4.43. The van der Waals surface area contributed by atoms with E-state index in [0.29, 0.717) is 25.7 Å². The number of hydrogen-bond donors (Lipinski definition) is 2. The van der Waals surface area contributed by atoms with Crippen molar-refractivity contribution in [3.05, 3.63) is 53.6 Å². The summed E-state index contributed by atoms with van der Waals surface area (Å²) in [6.45, 7) is 1.89. The zero-order valence-electron chi connectivity index (χ0n) is 14.3. The lowest BCUT2D eigenvalue weighted by Gasteiger charge is -2.11. The van der Waals surface area contributed by atoms with Gasteiger partial charge in [0.2, 0.25) is 0 Å². The fraction of sp³-hybridized carbons (Fsp3) is 0.316. The minimum atomic E-state index is 0.379. The SMILES string of the molecule is CSCc1cccc(CN=C(N)Nc2ccc3c(c2)OCCCO3)c1. The zero-order chi connectivity index (χ0) is 17.5. The second-order valence-electron chi connectivity index (χ2n) is 5.79. The summed E-state index contributed by atoms with van der Waals surface area (Å²) in [5.41, 5.74) is 9.30. The van der Waals surface area contributed by atoms with Gasteiger partial charge in [-0.1, -0.05) is 24.3 Å². The van der Waals surface area contributed by atoms with Crippen LogP contribution in [0.3, 0.4) is 0 Å². The number of fused-ring (bicyclic) bond motifs is 1. The van der Waals surface area contributed by atoms with Crippen LogP contribution in [0.15, 0.2) is 47.5 Å². The van der Waals surface area contributed by atoms with E-state index in [0.717, 1.165) is 34.9 Å². The Labute approximate surface area is 152 Å². The number of nitrogens with two attached hydrogens (primary N) is 1. The number of guanidine groups is 1. The highest BCUT2D eigenvalue weighted by Gasteiger charge is 2.10. The Morgan fingerprint density at radius 3 is 2.76 bits per heavy atom. The Morgan fingerprint density at radius 2 is 1.92 bits per heavy atom. The normalized spacial score (nSPS) is 14.0. The quantitative estimate of drug-likeness (QED) is 0.632. The lowest BCUT2D eigenvalue weighted by Crippen LogP contribution is -2.22. The number of nitrogens with one attached hydrogen (secondary N) is 1. The van der Waals surface area contributed by atoms with Crippen LogP contribution >= 0.6 is 11.8 Å². The van der Waals surface area contributed by atoms with Gasteiger partial charge in [-0.2, -0.15) is 11.8 Å². The predicted molar refractivity (Wildman–Crippen MR) is 105 cm³/mol. The Hall–Kier alpha value is -2.34. The molecule has 1 aliphatic rings. The van der Waals surface area contributed by atoms with Crippen molar-refractivity contribution in [1.82, 2.24) is 0 Å². The van der Waals surface area contributed by atoms with E-state index in [-0.39, 0.29) is 0 Å². The third-order valence-corrected chi connectivity index (χ3v) is 4.38. The molecule has 0 bridgehead atoms. The number of nitrogens with zero attached hydrogens (tertiary/aromatic N) is 1. The van der Waals surface area contributed by atoms with Gasteiger partial charge in [0, 0.05) is 23.9 Å². The topological polar surface area (TPSA) is 68.9 Å². The molecule has 0 saturated carbocycles. The molecule has 132 valence electrons. The van der Waals surface area contributed by atoms with Crippen LogP contribution < -0.4 is 20.5 Å². The van der Waals surface area contributed by atoms with E-state index in [4.69, 9.17) is 15.2 Å². The third-order valence-electron chi connectivity index (χ3n) is 3.75. The minimum absolute atomic E-state index is 0.379. The lowest BCUT2D eigenvalue weighted by atomic mass is 10.1. The number of anilines is 1. The predicted octanol–water partition coefficient (Wildman–Crippen LogP) is 3.64. The molecule has 1 aliphatic heterocycles. The molecule has 0 aromatic heterocycles. The highest BCUT2D eigenvalue weighted by molar-refractivity contribution is 7.97. The molecule has 2 aromatic rings. The van der Waals surface area contributed by atoms with E-state index in [9.17, 15) is 0 Å². The molecule has 0 spiro atoms. The number of hydrogen-bond acceptors (Lipinski definition) is 4. The number of benzene rings is 2. The van der Waals surface area contributed by atoms with Crippen molar-refractivity contribution in [1.29, 1.82) is 0 Å². The summed E-state index contributed by atoms with van der Waals surface area (Å²) >= 11 is 1.81. The zero-order valence-corrected chi connectivity index (χ0v) is 15.1. The van der Waals surface area contributed by atoms with Gasteiger partial charge >= 0.3 is 0 Å². The van der Waals surface area contributed by atoms with E-state index in [1.54, 1.807) is 0 Å². The van der Waals surface area contributed by atoms with Crippen LogP contribution in [0, 0.1) is 0 Å². The van der Waals surface area contributed by atoms with Crippen molar-refractivity contribution in [2.24, 2.45) is 10.7 Å². The molecule has 0 unspecified atom stereocenters. The molecule has 5 nitrogen and oxygen atoms in total. The number of thioether (sulfide) groups is 1. The Balaban J connectivity index is 1.63. The molecule has 3 N–H and O–H groups in total. The summed E-state index contributed by atoms with van der Waals surface area (Å²) in [5, 5.41) is 3.11. The van der Waals surface area contributed by atoms with Crippen LogP contribution in [0.4, 0.5) is 5.69 Å². The summed E-state index contributed by atoms with van der Waals surface area (Å²) in [5.74, 6) is 2.89. The lowest BCUT2D eigenvalue weighted by molar-refractivity contribution is 0.297. The van der Waals surface area contributed by atoms with Gasteiger partial charge < -0.3 is 20.5 Å². The van der Waals surface area contributed by atoms with Crippen LogP contribution in [0.25, 0.3) is 0 Å². The van der Waals surface area contributed by atoms with Crippen molar-refractivity contribution in [2.75, 3.05) is 24.8 Å². The molecule has 1 heterocycles. The molecular formula is C19H23N3O2S. The second kappa shape index (κ2) is 8.67. The van der Waals surface area contributed by atoms with Crippen molar-refractivity contribution < 1.29 is 9.47 Å². The average Bonchev–Trinajstić information content (AvgIpc) is 2.86. The molecule has 0 fully saturated rings. The molecular weight excluding hydrogens is 334 g/mol. The molecule has 0 atom stereocenters. The monoisotopic (exact) mass is 357 g/mol. The minimum Gasteiger partial charge on any atom is -0.490 e. The van der Waals surface area contributed by atoms with Gasteiger partial charge in [-0.25, -0.2) is 4.99 Å². The highest BCUT2D eigenvalue weighted by Crippen LogP contribution is 2.32. The van der Waals surface area contributed by atoms with Crippen LogP contribution in [-0.4, -0.2) is 25.4 Å². The van der Waals surface area contributed by atoms with Crippen molar-refractivity contribution >= 4 is 23.4 Å². The van der Waals surface area contributed by atoms with Gasteiger partial charge in [-0.05, 0) is 29.5 Å². The van der Waals surface area contributed by atoms with E-state index < -0.39 is 0 Å². The first-order chi connectivity index (χ1) is 12.2. The molecule has 0 amide bonds. The van der Waals surface area contributed by atoms with Crippen LogP contribution in [-0.2, 0) is 12.3 Å². The van der Waals surface area contributed by atoms with Crippen LogP contribution in [0.2, 0.25) is 0 Å². The van der Waals surface area contributed by atoms with Crippen molar-refractivity contribution in [2.45, 2.75) is 18.7 Å². The molecule has 0 saturated heterocycles. The Bertz CT molecular complexity index is 749. The van der Waals surface area contributed by atoms with Gasteiger partial charge in [0.05, 0.1) is 19.8 Å². The maximum absolute atomic E-state index is 6.02. The fourth-order valence-electron chi connectivity index (χ4n) is 2.59. The van der Waals surface area contributed by atoms with Crippen LogP contribution in [0.5, 0.6) is 11.5 Å². The van der Waals surface area contributed by atoms with Gasteiger partial charge in [-0.3, -0.25) is 0 Å². The van der Waals surface area contributed by atoms with E-state index >= 15 is 0 Å². The first-order valence-electron chi connectivity index (χ1n) is 8.28. The Kier molecular flexibility index (Phi) is 6.06. The summed E-state index contributed by atoms with van der Waals surface area (Å²) < 4.78 is 11.3. The van der Waals surface area contributed by atoms with Gasteiger partial charge in [0.1, 0.15) is 0 Å². The smallest absolute Gasteiger partial charge is 0.193 e. The largest absolute Gasteiger partial charge is 0.490 e. The third kappa shape index (κ3) is 5.06. The molecule has 25 heavy (non-hydrogen) atoms. The summed E-state index contributed by atoms with van der Waals surface area (Å²) in [7, 11) is 0. The van der Waals surface area contributed by atoms with Crippen LogP contribution in [0.1, 0.15) is 17.5 Å². The molecule has 6 heteroatoms. The first kappa shape index (κ1) is 17.5. The molecule has 0 aliphatic carbocycles. The van der Waals surface area contributed by atoms with Gasteiger partial charge in [0.25, 0.3) is 0 Å². The maximum Gasteiger partial charge on any atom is 0.193 e. The Morgan fingerprint density at radius 1 is 1.12 bits per heavy atom. The van der Waals surface area contributed by atoms with Crippen molar-refractivity contribution in [3.8, 4) is 11.5 Å². The number of ether oxygens (including phenoxy) is 2. The summed E-state index contributed by atoms with van der Waals surface area (Å²) in [6.07, 6.45) is 2.98. The standard InChI is InChI=1S/C19H23N3O2S/c1-25-13-15-5-2-4-14(10-15)12-21-19(20)22-16-6-7-17-18(11-16)24-9-3-8-23-17/h2,4-7,10-11H,3,8-9,12-13H2,1H3,(H3,20,21,22). The number of aliphatic imine (C=N–C) groups is 1. The van der Waals surface area contributed by atoms with Crippen molar-refractivity contribution in [3.63, 3.8) is 0 Å². The fourth-order valence-corrected chi connectivity index (χ4v) is 3.10. The molecule has 0 radical (unpaired) electrons. The molecule has 3 rings (SSSR count). The number of rotatable bonds is 5. The van der Waals surface area contributed by atoms with Gasteiger partial charge in [-0.15, -0.1) is 0 Å². The second-order valence-corrected chi connectivity index (χ2v) is 6.66. The molecule has 2 aromatic carbocycles. The average molecular weight is 357 g/mol. The van der Waals surface area contributed by atoms with E-state index in [2.05, 4.69) is 40.8 Å². The van der Waals surface area contributed by atoms with E-state index in [1.807, 2.05) is 30.0 Å². The first-order valence-corrected chi connectivity index (χ1v) is 9.67. The van der Waals surface area contributed by atoms with E-state index in [1.165, 1.54) is 5.56 Å². The summed E-state index contributed by atoms with van der Waals surface area (Å²) in [6, 6.07) is 14.1. The maximum atomic E-state index is 6.02. The van der Waals surface area contributed by atoms with Gasteiger partial charge in [0.15, 0.2) is 17.5 Å².